The molecule has 0 unspecified atom stereocenters. The van der Waals surface area contributed by atoms with Crippen LogP contribution in [0.2, 0.25) is 10.0 Å². The predicted octanol–water partition coefficient (Wildman–Crippen LogP) is 6.28. The monoisotopic (exact) mass is 614 g/mol. The van der Waals surface area contributed by atoms with E-state index in [1.54, 1.807) is 30.5 Å². The highest BCUT2D eigenvalue weighted by molar-refractivity contribution is 6.42. The van der Waals surface area contributed by atoms with Gasteiger partial charge in [-0.15, -0.1) is 0 Å². The molecule has 2 aromatic carbocycles. The largest absolute Gasteiger partial charge is 0.439 e. The highest BCUT2D eigenvalue weighted by Gasteiger charge is 2.25. The molecule has 0 aliphatic carbocycles. The number of carbonyl (C=O) groups excluding carboxylic acids is 2. The maximum absolute atomic E-state index is 13.5. The number of anilines is 1. The number of halogens is 2. The molecule has 1 saturated heterocycles. The smallest absolute Gasteiger partial charge is 0.270 e. The highest BCUT2D eigenvalue weighted by atomic mass is 35.5. The van der Waals surface area contributed by atoms with Crippen molar-refractivity contribution in [1.82, 2.24) is 24.3 Å². The van der Waals surface area contributed by atoms with E-state index in [1.807, 2.05) is 59.0 Å². The number of piperazine rings is 1. The van der Waals surface area contributed by atoms with Gasteiger partial charge in [-0.3, -0.25) is 19.5 Å². The number of pyridine rings is 2. The number of hydrogen-bond donors (Lipinski definition) is 1. The fraction of sp³-hybridized carbons (Fsp3) is 0.188. The Morgan fingerprint density at radius 3 is 2.47 bits per heavy atom. The zero-order chi connectivity index (χ0) is 29.9. The molecular formula is C32H28Cl2N6O3. The van der Waals surface area contributed by atoms with Gasteiger partial charge in [0.25, 0.3) is 11.8 Å². The molecule has 43 heavy (non-hydrogen) atoms. The van der Waals surface area contributed by atoms with E-state index >= 15 is 0 Å². The Morgan fingerprint density at radius 1 is 0.907 bits per heavy atom. The first-order valence-corrected chi connectivity index (χ1v) is 14.5. The van der Waals surface area contributed by atoms with Gasteiger partial charge in [0.15, 0.2) is 0 Å². The minimum atomic E-state index is -0.333. The summed E-state index contributed by atoms with van der Waals surface area (Å²) in [5.74, 6) is 0.627. The van der Waals surface area contributed by atoms with E-state index in [9.17, 15) is 9.59 Å². The Kier molecular flexibility index (Phi) is 8.29. The van der Waals surface area contributed by atoms with Crippen molar-refractivity contribution in [2.45, 2.75) is 6.54 Å². The van der Waals surface area contributed by atoms with Gasteiger partial charge in [-0.25, -0.2) is 4.98 Å². The van der Waals surface area contributed by atoms with E-state index in [-0.39, 0.29) is 11.8 Å². The molecule has 0 spiro atoms. The van der Waals surface area contributed by atoms with Gasteiger partial charge in [0.05, 0.1) is 27.6 Å². The van der Waals surface area contributed by atoms with Crippen LogP contribution in [0.5, 0.6) is 11.6 Å². The fourth-order valence-corrected chi connectivity index (χ4v) is 5.36. The maximum Gasteiger partial charge on any atom is 0.270 e. The number of fused-ring (bicyclic) bond motifs is 1. The first-order valence-electron chi connectivity index (χ1n) is 13.8. The van der Waals surface area contributed by atoms with Crippen molar-refractivity contribution < 1.29 is 14.3 Å². The van der Waals surface area contributed by atoms with Gasteiger partial charge < -0.3 is 19.5 Å². The minimum absolute atomic E-state index is 0.0128. The summed E-state index contributed by atoms with van der Waals surface area (Å²) in [5, 5.41) is 4.35. The average Bonchev–Trinajstić information content (AvgIpc) is 3.35. The molecule has 1 aliphatic rings. The van der Waals surface area contributed by atoms with Crippen molar-refractivity contribution in [1.29, 1.82) is 0 Å². The number of ether oxygens (including phenoxy) is 1. The van der Waals surface area contributed by atoms with E-state index in [0.717, 1.165) is 36.2 Å². The summed E-state index contributed by atoms with van der Waals surface area (Å²) in [7, 11) is 1.90. The molecular weight excluding hydrogens is 587 g/mol. The van der Waals surface area contributed by atoms with Gasteiger partial charge in [-0.05, 0) is 60.7 Å². The van der Waals surface area contributed by atoms with Crippen LogP contribution >= 0.6 is 23.2 Å². The van der Waals surface area contributed by atoms with Crippen molar-refractivity contribution >= 4 is 51.6 Å². The molecule has 218 valence electrons. The Morgan fingerprint density at radius 2 is 1.74 bits per heavy atom. The van der Waals surface area contributed by atoms with Crippen LogP contribution in [0.3, 0.4) is 0 Å². The number of rotatable bonds is 7. The van der Waals surface area contributed by atoms with Gasteiger partial charge in [0.2, 0.25) is 5.88 Å². The van der Waals surface area contributed by atoms with Crippen LogP contribution in [-0.4, -0.2) is 62.3 Å². The molecule has 3 aromatic heterocycles. The molecule has 5 aromatic rings. The van der Waals surface area contributed by atoms with Crippen molar-refractivity contribution in [2.24, 2.45) is 7.05 Å². The molecule has 9 nitrogen and oxygen atoms in total. The molecule has 1 fully saturated rings. The van der Waals surface area contributed by atoms with Crippen molar-refractivity contribution in [3.05, 3.63) is 112 Å². The lowest BCUT2D eigenvalue weighted by atomic mass is 10.2. The summed E-state index contributed by atoms with van der Waals surface area (Å²) in [6, 6.07) is 21.5. The fourth-order valence-electron chi connectivity index (χ4n) is 5.06. The van der Waals surface area contributed by atoms with Gasteiger partial charge in [0, 0.05) is 68.5 Å². The predicted molar refractivity (Wildman–Crippen MR) is 167 cm³/mol. The average molecular weight is 616 g/mol. The summed E-state index contributed by atoms with van der Waals surface area (Å²) < 4.78 is 7.90. The van der Waals surface area contributed by atoms with Crippen molar-refractivity contribution in [2.75, 3.05) is 31.5 Å². The lowest BCUT2D eigenvalue weighted by Gasteiger charge is -2.34. The van der Waals surface area contributed by atoms with Crippen LogP contribution in [0.15, 0.2) is 85.2 Å². The quantitative estimate of drug-likeness (QED) is 0.232. The topological polar surface area (TPSA) is 92.6 Å². The molecule has 2 amide bonds. The van der Waals surface area contributed by atoms with Crippen LogP contribution in [0.25, 0.3) is 10.9 Å². The number of nitrogens with one attached hydrogen (secondary N) is 1. The lowest BCUT2D eigenvalue weighted by molar-refractivity contribution is 0.0618. The second-order valence-electron chi connectivity index (χ2n) is 10.3. The Balaban J connectivity index is 1.08. The van der Waals surface area contributed by atoms with E-state index in [4.69, 9.17) is 27.9 Å². The van der Waals surface area contributed by atoms with Crippen LogP contribution in [0.4, 0.5) is 5.69 Å². The number of aryl methyl sites for hydroxylation is 1. The second kappa shape index (κ2) is 12.4. The number of hydrogen-bond acceptors (Lipinski definition) is 6. The van der Waals surface area contributed by atoms with Gasteiger partial charge >= 0.3 is 0 Å². The third-order valence-electron chi connectivity index (χ3n) is 7.40. The zero-order valence-electron chi connectivity index (χ0n) is 23.3. The Hall–Kier alpha value is -4.44. The van der Waals surface area contributed by atoms with Gasteiger partial charge in [-0.1, -0.05) is 29.3 Å². The minimum Gasteiger partial charge on any atom is -0.439 e. The molecule has 0 radical (unpaired) electrons. The summed E-state index contributed by atoms with van der Waals surface area (Å²) in [4.78, 5) is 38.9. The summed E-state index contributed by atoms with van der Waals surface area (Å²) >= 11 is 12.0. The molecule has 6 rings (SSSR count). The molecule has 0 saturated carbocycles. The van der Waals surface area contributed by atoms with E-state index < -0.39 is 0 Å². The molecule has 0 atom stereocenters. The summed E-state index contributed by atoms with van der Waals surface area (Å²) in [5.41, 5.74) is 3.48. The van der Waals surface area contributed by atoms with E-state index in [1.165, 1.54) is 12.3 Å². The maximum atomic E-state index is 13.5. The third kappa shape index (κ3) is 6.49. The SMILES string of the molecule is Cn1c(C(=O)N2CCN(Cc3ccccn3)CC2)cc2cc(Oc3ccc(NC(=O)c4ccc(Cl)c(Cl)c4)cn3)ccc21. The molecule has 4 heterocycles. The van der Waals surface area contributed by atoms with E-state index in [0.29, 0.717) is 51.7 Å². The first kappa shape index (κ1) is 28.7. The van der Waals surface area contributed by atoms with Crippen molar-refractivity contribution in [3.8, 4) is 11.6 Å². The molecule has 1 N–H and O–H groups in total. The number of nitrogens with zero attached hydrogens (tertiary/aromatic N) is 5. The first-order chi connectivity index (χ1) is 20.8. The highest BCUT2D eigenvalue weighted by Crippen LogP contribution is 2.28. The standard InChI is InChI=1S/C32H28Cl2N6O3/c1-38-28-9-7-25(43-30-10-6-23(19-36-30)37-31(41)21-5-8-26(33)27(34)17-21)16-22(28)18-29(38)32(42)40-14-12-39(13-15-40)20-24-4-2-3-11-35-24/h2-11,16-19H,12-15,20H2,1H3,(H,37,41). The van der Waals surface area contributed by atoms with Crippen molar-refractivity contribution in [3.63, 3.8) is 0 Å². The summed E-state index contributed by atoms with van der Waals surface area (Å²) in [6.07, 6.45) is 3.32. The Bertz CT molecular complexity index is 1780. The van der Waals surface area contributed by atoms with Gasteiger partial charge in [-0.2, -0.15) is 0 Å². The normalized spacial score (nSPS) is 13.7. The van der Waals surface area contributed by atoms with Crippen LogP contribution in [0, 0.1) is 0 Å². The van der Waals surface area contributed by atoms with E-state index in [2.05, 4.69) is 20.2 Å². The number of benzene rings is 2. The third-order valence-corrected chi connectivity index (χ3v) is 8.14. The summed E-state index contributed by atoms with van der Waals surface area (Å²) in [6.45, 7) is 3.71. The zero-order valence-corrected chi connectivity index (χ0v) is 24.8. The number of aromatic nitrogens is 3. The lowest BCUT2D eigenvalue weighted by Crippen LogP contribution is -2.48. The Labute approximate surface area is 258 Å². The molecule has 1 aliphatic heterocycles. The number of carbonyl (C=O) groups is 2. The number of amides is 2. The molecule has 11 heteroatoms. The van der Waals surface area contributed by atoms with Crippen LogP contribution in [-0.2, 0) is 13.6 Å². The van der Waals surface area contributed by atoms with Gasteiger partial charge in [0.1, 0.15) is 11.4 Å². The van der Waals surface area contributed by atoms with Crippen LogP contribution in [0.1, 0.15) is 26.5 Å². The van der Waals surface area contributed by atoms with Crippen LogP contribution < -0.4 is 10.1 Å². The second-order valence-corrected chi connectivity index (χ2v) is 11.1. The molecule has 0 bridgehead atoms.